The molecule has 170 valence electrons. The number of carbonyl (C=O) groups excluding carboxylic acids is 3. The van der Waals surface area contributed by atoms with Gasteiger partial charge in [0.1, 0.15) is 5.56 Å². The highest BCUT2D eigenvalue weighted by Crippen LogP contribution is 2.42. The Morgan fingerprint density at radius 3 is 2.28 bits per heavy atom. The molecule has 1 saturated heterocycles. The van der Waals surface area contributed by atoms with Crippen LogP contribution in [0.1, 0.15) is 16.8 Å². The van der Waals surface area contributed by atoms with Gasteiger partial charge in [0, 0.05) is 25.1 Å². The van der Waals surface area contributed by atoms with Gasteiger partial charge in [-0.1, -0.05) is 6.07 Å². The van der Waals surface area contributed by atoms with Crippen molar-refractivity contribution in [3.8, 4) is 23.0 Å². The molecule has 10 heteroatoms. The smallest absolute Gasteiger partial charge is 0.341 e. The van der Waals surface area contributed by atoms with Gasteiger partial charge in [-0.3, -0.25) is 9.59 Å². The van der Waals surface area contributed by atoms with Crippen LogP contribution in [0, 0.1) is 5.92 Å². The van der Waals surface area contributed by atoms with Gasteiger partial charge >= 0.3 is 5.97 Å². The number of esters is 1. The first kappa shape index (κ1) is 22.7. The van der Waals surface area contributed by atoms with Gasteiger partial charge in [-0.25, -0.2) is 4.79 Å². The Kier molecular flexibility index (Phi) is 6.72. The van der Waals surface area contributed by atoms with Gasteiger partial charge in [0.2, 0.25) is 17.6 Å². The van der Waals surface area contributed by atoms with Crippen molar-refractivity contribution < 1.29 is 38.4 Å². The first-order valence-corrected chi connectivity index (χ1v) is 9.66. The number of hydrogen-bond acceptors (Lipinski definition) is 8. The van der Waals surface area contributed by atoms with Crippen LogP contribution in [0.4, 0.5) is 11.4 Å². The van der Waals surface area contributed by atoms with E-state index in [0.29, 0.717) is 22.9 Å². The van der Waals surface area contributed by atoms with Gasteiger partial charge in [0.05, 0.1) is 45.7 Å². The number of hydrogen-bond donors (Lipinski definition) is 2. The number of phenolic OH excluding ortho intramolecular Hbond substituents is 1. The van der Waals surface area contributed by atoms with Crippen LogP contribution in [0.5, 0.6) is 23.0 Å². The summed E-state index contributed by atoms with van der Waals surface area (Å²) in [5.74, 6) is -1.39. The molecule has 1 aliphatic heterocycles. The normalized spacial score (nSPS) is 15.3. The van der Waals surface area contributed by atoms with E-state index in [1.54, 1.807) is 12.1 Å². The number of rotatable bonds is 7. The topological polar surface area (TPSA) is 124 Å². The quantitative estimate of drug-likeness (QED) is 0.492. The van der Waals surface area contributed by atoms with Crippen molar-refractivity contribution in [3.63, 3.8) is 0 Å². The Labute approximate surface area is 184 Å². The summed E-state index contributed by atoms with van der Waals surface area (Å²) in [6.45, 7) is 0.112. The van der Waals surface area contributed by atoms with E-state index in [1.165, 1.54) is 51.5 Å². The lowest BCUT2D eigenvalue weighted by atomic mass is 10.1. The molecule has 2 amide bonds. The number of benzene rings is 2. The number of nitrogens with one attached hydrogen (secondary N) is 1. The molecule has 1 fully saturated rings. The minimum Gasteiger partial charge on any atom is -0.505 e. The maximum atomic E-state index is 12.8. The lowest BCUT2D eigenvalue weighted by molar-refractivity contribution is -0.122. The van der Waals surface area contributed by atoms with Crippen molar-refractivity contribution in [1.29, 1.82) is 0 Å². The fourth-order valence-corrected chi connectivity index (χ4v) is 3.51. The lowest BCUT2D eigenvalue weighted by Crippen LogP contribution is -2.28. The van der Waals surface area contributed by atoms with Crippen LogP contribution in [0.15, 0.2) is 30.3 Å². The number of carbonyl (C=O) groups is 3. The molecule has 0 aromatic heterocycles. The highest BCUT2D eigenvalue weighted by molar-refractivity contribution is 6.05. The highest BCUT2D eigenvalue weighted by atomic mass is 16.5. The van der Waals surface area contributed by atoms with E-state index in [-0.39, 0.29) is 30.1 Å². The molecule has 0 saturated carbocycles. The molecule has 0 radical (unpaired) electrons. The number of phenols is 1. The minimum atomic E-state index is -0.733. The first-order chi connectivity index (χ1) is 15.3. The van der Waals surface area contributed by atoms with Crippen LogP contribution in [-0.4, -0.2) is 57.9 Å². The molecule has 2 aromatic carbocycles. The molecule has 1 unspecified atom stereocenters. The van der Waals surface area contributed by atoms with Crippen molar-refractivity contribution in [2.75, 3.05) is 45.2 Å². The summed E-state index contributed by atoms with van der Waals surface area (Å²) in [4.78, 5) is 38.7. The van der Waals surface area contributed by atoms with E-state index in [4.69, 9.17) is 14.2 Å². The van der Waals surface area contributed by atoms with E-state index in [2.05, 4.69) is 10.1 Å². The van der Waals surface area contributed by atoms with Crippen LogP contribution >= 0.6 is 0 Å². The average molecular weight is 444 g/mol. The first-order valence-electron chi connectivity index (χ1n) is 9.66. The Bertz CT molecular complexity index is 1030. The molecule has 1 heterocycles. The third-order valence-corrected chi connectivity index (χ3v) is 5.16. The SMILES string of the molecule is COC(=O)c1cccc(NC(=O)C2CC(=O)N(c3cc(OC)c(OC)c(OC)c3)C2)c1O. The maximum absolute atomic E-state index is 12.8. The van der Waals surface area contributed by atoms with E-state index < -0.39 is 23.5 Å². The number of methoxy groups -OCH3 is 4. The van der Waals surface area contributed by atoms with Gasteiger partial charge < -0.3 is 34.3 Å². The Balaban J connectivity index is 1.81. The third-order valence-electron chi connectivity index (χ3n) is 5.16. The van der Waals surface area contributed by atoms with E-state index in [9.17, 15) is 19.5 Å². The molecular weight excluding hydrogens is 420 g/mol. The number of para-hydroxylation sites is 1. The second kappa shape index (κ2) is 9.46. The van der Waals surface area contributed by atoms with E-state index in [1.807, 2.05) is 0 Å². The summed E-state index contributed by atoms with van der Waals surface area (Å²) < 4.78 is 20.6. The van der Waals surface area contributed by atoms with Crippen LogP contribution in [0.3, 0.4) is 0 Å². The molecular formula is C22H24N2O8. The maximum Gasteiger partial charge on any atom is 0.341 e. The van der Waals surface area contributed by atoms with Crippen molar-refractivity contribution in [2.24, 2.45) is 5.92 Å². The number of amides is 2. The van der Waals surface area contributed by atoms with Gasteiger partial charge in [-0.2, -0.15) is 0 Å². The van der Waals surface area contributed by atoms with Crippen molar-refractivity contribution >= 4 is 29.2 Å². The number of aromatic hydroxyl groups is 1. The van der Waals surface area contributed by atoms with Crippen LogP contribution in [-0.2, 0) is 14.3 Å². The second-order valence-corrected chi connectivity index (χ2v) is 6.97. The van der Waals surface area contributed by atoms with Crippen LogP contribution in [0.2, 0.25) is 0 Å². The van der Waals surface area contributed by atoms with E-state index in [0.717, 1.165) is 0 Å². The standard InChI is InChI=1S/C22H24N2O8/c1-29-16-9-13(10-17(30-2)20(16)31-3)24-11-12(8-18(24)25)21(27)23-15-7-5-6-14(19(15)26)22(28)32-4/h5-7,9-10,12,26H,8,11H2,1-4H3,(H,23,27). The summed E-state index contributed by atoms with van der Waals surface area (Å²) in [6, 6.07) is 7.59. The Hall–Kier alpha value is -3.95. The summed E-state index contributed by atoms with van der Waals surface area (Å²) in [7, 11) is 5.61. The average Bonchev–Trinajstić information content (AvgIpc) is 3.20. The van der Waals surface area contributed by atoms with Crippen molar-refractivity contribution in [3.05, 3.63) is 35.9 Å². The Morgan fingerprint density at radius 2 is 1.72 bits per heavy atom. The Morgan fingerprint density at radius 1 is 1.06 bits per heavy atom. The van der Waals surface area contributed by atoms with Crippen LogP contribution < -0.4 is 24.4 Å². The summed E-state index contributed by atoms with van der Waals surface area (Å²) >= 11 is 0. The number of nitrogens with zero attached hydrogens (tertiary/aromatic N) is 1. The van der Waals surface area contributed by atoms with E-state index >= 15 is 0 Å². The molecule has 1 aliphatic rings. The van der Waals surface area contributed by atoms with Crippen LogP contribution in [0.25, 0.3) is 0 Å². The largest absolute Gasteiger partial charge is 0.505 e. The van der Waals surface area contributed by atoms with Gasteiger partial charge in [0.25, 0.3) is 0 Å². The summed E-state index contributed by atoms with van der Waals surface area (Å²) in [5, 5.41) is 12.9. The monoisotopic (exact) mass is 444 g/mol. The summed E-state index contributed by atoms with van der Waals surface area (Å²) in [6.07, 6.45) is -0.0278. The molecule has 0 aliphatic carbocycles. The lowest BCUT2D eigenvalue weighted by Gasteiger charge is -2.20. The van der Waals surface area contributed by atoms with Crippen molar-refractivity contribution in [1.82, 2.24) is 0 Å². The fourth-order valence-electron chi connectivity index (χ4n) is 3.51. The van der Waals surface area contributed by atoms with Gasteiger partial charge in [-0.15, -0.1) is 0 Å². The molecule has 2 N–H and O–H groups in total. The zero-order valence-corrected chi connectivity index (χ0v) is 18.1. The second-order valence-electron chi connectivity index (χ2n) is 6.97. The molecule has 10 nitrogen and oxygen atoms in total. The predicted octanol–water partition coefficient (Wildman–Crippen LogP) is 2.20. The zero-order chi connectivity index (χ0) is 23.4. The van der Waals surface area contributed by atoms with Gasteiger partial charge in [-0.05, 0) is 12.1 Å². The third kappa shape index (κ3) is 4.25. The summed E-state index contributed by atoms with van der Waals surface area (Å²) in [5.41, 5.74) is 0.471. The highest BCUT2D eigenvalue weighted by Gasteiger charge is 2.36. The number of anilines is 2. The zero-order valence-electron chi connectivity index (χ0n) is 18.1. The number of ether oxygens (including phenoxy) is 4. The predicted molar refractivity (Wildman–Crippen MR) is 115 cm³/mol. The molecule has 0 spiro atoms. The van der Waals surface area contributed by atoms with Crippen molar-refractivity contribution in [2.45, 2.75) is 6.42 Å². The fraction of sp³-hybridized carbons (Fsp3) is 0.318. The minimum absolute atomic E-state index is 0.0278. The molecule has 2 aromatic rings. The molecule has 1 atom stereocenters. The molecule has 32 heavy (non-hydrogen) atoms. The van der Waals surface area contributed by atoms with Gasteiger partial charge in [0.15, 0.2) is 17.2 Å². The molecule has 0 bridgehead atoms. The molecule has 3 rings (SSSR count).